The molecule has 5 nitrogen and oxygen atoms in total. The maximum atomic E-state index is 11.7. The molecule has 2 N–H and O–H groups in total. The highest BCUT2D eigenvalue weighted by molar-refractivity contribution is 7.91. The maximum Gasteiger partial charge on any atom is 0.337 e. The fraction of sp³-hybridized carbons (Fsp3) is 0.300. The first-order valence-electron chi connectivity index (χ1n) is 4.67. The smallest absolute Gasteiger partial charge is 0.337 e. The molecule has 0 spiro atoms. The van der Waals surface area contributed by atoms with Crippen molar-refractivity contribution in [2.45, 2.75) is 17.9 Å². The Morgan fingerprint density at radius 2 is 2.06 bits per heavy atom. The molecule has 1 unspecified atom stereocenters. The van der Waals surface area contributed by atoms with Crippen LogP contribution in [0, 0.1) is 0 Å². The van der Waals surface area contributed by atoms with Gasteiger partial charge in [0.25, 0.3) is 0 Å². The number of aliphatic hydroxyl groups is 1. The number of benzene rings is 1. The topological polar surface area (TPSA) is 91.7 Å². The molecule has 7 heteroatoms. The molecule has 1 aromatic rings. The second-order valence-electron chi connectivity index (χ2n) is 3.58. The van der Waals surface area contributed by atoms with E-state index in [9.17, 15) is 13.2 Å². The van der Waals surface area contributed by atoms with E-state index in [0.717, 1.165) is 6.07 Å². The molecule has 1 atom stereocenters. The molecule has 0 aliphatic heterocycles. The van der Waals surface area contributed by atoms with Gasteiger partial charge in [0, 0.05) is 0 Å². The Balaban J connectivity index is 3.25. The van der Waals surface area contributed by atoms with Gasteiger partial charge in [-0.15, -0.1) is 0 Å². The molecule has 1 aromatic carbocycles. The molecule has 0 aliphatic rings. The predicted molar refractivity (Wildman–Crippen MR) is 62.1 cm³/mol. The highest BCUT2D eigenvalue weighted by Crippen LogP contribution is 2.21. The van der Waals surface area contributed by atoms with Crippen LogP contribution >= 0.6 is 11.6 Å². The molecule has 0 fully saturated rings. The molecule has 94 valence electrons. The van der Waals surface area contributed by atoms with E-state index in [0.29, 0.717) is 0 Å². The Morgan fingerprint density at radius 3 is 2.53 bits per heavy atom. The molecular weight excluding hydrogens is 268 g/mol. The summed E-state index contributed by atoms with van der Waals surface area (Å²) in [6.07, 6.45) is -1.02. The van der Waals surface area contributed by atoms with Crippen molar-refractivity contribution in [2.75, 3.05) is 5.75 Å². The molecule has 1 rings (SSSR count). The fourth-order valence-electron chi connectivity index (χ4n) is 1.28. The van der Waals surface area contributed by atoms with Crippen molar-refractivity contribution in [3.05, 3.63) is 28.8 Å². The molecular formula is C10H11ClO5S. The van der Waals surface area contributed by atoms with E-state index in [1.54, 1.807) is 0 Å². The monoisotopic (exact) mass is 278 g/mol. The first-order chi connectivity index (χ1) is 7.74. The van der Waals surface area contributed by atoms with Gasteiger partial charge in [0.15, 0.2) is 9.84 Å². The van der Waals surface area contributed by atoms with Crippen molar-refractivity contribution in [1.29, 1.82) is 0 Å². The number of rotatable bonds is 4. The van der Waals surface area contributed by atoms with Crippen molar-refractivity contribution >= 4 is 27.4 Å². The summed E-state index contributed by atoms with van der Waals surface area (Å²) in [4.78, 5) is 10.6. The summed E-state index contributed by atoms with van der Waals surface area (Å²) in [6.45, 7) is 1.34. The highest BCUT2D eigenvalue weighted by atomic mass is 35.5. The Bertz CT molecular complexity index is 536. The minimum absolute atomic E-state index is 0.0338. The van der Waals surface area contributed by atoms with Crippen LogP contribution in [0.5, 0.6) is 0 Å². The van der Waals surface area contributed by atoms with Crippen molar-refractivity contribution in [3.63, 3.8) is 0 Å². The van der Waals surface area contributed by atoms with E-state index >= 15 is 0 Å². The number of hydrogen-bond donors (Lipinski definition) is 2. The van der Waals surface area contributed by atoms with Crippen LogP contribution in [0.3, 0.4) is 0 Å². The zero-order valence-corrected chi connectivity index (χ0v) is 10.5. The standard InChI is InChI=1S/C10H11ClO5S/c1-6(12)5-17(15,16)7-2-3-9(11)8(4-7)10(13)14/h2-4,6,12H,5H2,1H3,(H,13,14). The number of hydrogen-bond acceptors (Lipinski definition) is 4. The molecule has 0 saturated heterocycles. The summed E-state index contributed by atoms with van der Waals surface area (Å²) in [5.41, 5.74) is -0.279. The van der Waals surface area contributed by atoms with Gasteiger partial charge in [-0.25, -0.2) is 13.2 Å². The maximum absolute atomic E-state index is 11.7. The van der Waals surface area contributed by atoms with Crippen LogP contribution in [0.1, 0.15) is 17.3 Å². The number of carbonyl (C=O) groups is 1. The third-order valence-corrected chi connectivity index (χ3v) is 4.21. The molecule has 17 heavy (non-hydrogen) atoms. The van der Waals surface area contributed by atoms with Crippen LogP contribution in [-0.4, -0.2) is 36.5 Å². The summed E-state index contributed by atoms with van der Waals surface area (Å²) in [5, 5.41) is 17.8. The van der Waals surface area contributed by atoms with E-state index in [2.05, 4.69) is 0 Å². The number of aromatic carboxylic acids is 1. The van der Waals surface area contributed by atoms with Crippen LogP contribution in [0.25, 0.3) is 0 Å². The van der Waals surface area contributed by atoms with Crippen molar-refractivity contribution < 1.29 is 23.4 Å². The second kappa shape index (κ2) is 5.03. The molecule has 0 amide bonds. The van der Waals surface area contributed by atoms with Gasteiger partial charge in [-0.2, -0.15) is 0 Å². The van der Waals surface area contributed by atoms with Crippen molar-refractivity contribution in [3.8, 4) is 0 Å². The minimum atomic E-state index is -3.70. The summed E-state index contributed by atoms with van der Waals surface area (Å²) in [5.74, 6) is -1.77. The SMILES string of the molecule is CC(O)CS(=O)(=O)c1ccc(Cl)c(C(=O)O)c1. The van der Waals surface area contributed by atoms with Crippen LogP contribution < -0.4 is 0 Å². The van der Waals surface area contributed by atoms with Crippen molar-refractivity contribution in [2.24, 2.45) is 0 Å². The Morgan fingerprint density at radius 1 is 1.47 bits per heavy atom. The van der Waals surface area contributed by atoms with Gasteiger partial charge in [-0.3, -0.25) is 0 Å². The number of aliphatic hydroxyl groups excluding tert-OH is 1. The van der Waals surface area contributed by atoms with Crippen LogP contribution in [-0.2, 0) is 9.84 Å². The van der Waals surface area contributed by atoms with Gasteiger partial charge in [0.05, 0.1) is 27.3 Å². The molecule has 0 heterocycles. The van der Waals surface area contributed by atoms with Crippen LogP contribution in [0.15, 0.2) is 23.1 Å². The van der Waals surface area contributed by atoms with Crippen LogP contribution in [0.2, 0.25) is 5.02 Å². The number of carboxylic acids is 1. The third-order valence-electron chi connectivity index (χ3n) is 1.99. The minimum Gasteiger partial charge on any atom is -0.478 e. The largest absolute Gasteiger partial charge is 0.478 e. The van der Waals surface area contributed by atoms with Gasteiger partial charge in [-0.05, 0) is 25.1 Å². The fourth-order valence-corrected chi connectivity index (χ4v) is 2.87. The quantitative estimate of drug-likeness (QED) is 0.863. The Labute approximate surface area is 104 Å². The van der Waals surface area contributed by atoms with Gasteiger partial charge in [-0.1, -0.05) is 11.6 Å². The average molecular weight is 279 g/mol. The molecule has 0 saturated carbocycles. The zero-order valence-electron chi connectivity index (χ0n) is 8.92. The average Bonchev–Trinajstić information content (AvgIpc) is 2.15. The normalized spacial score (nSPS) is 13.4. The summed E-state index contributed by atoms with van der Waals surface area (Å²) >= 11 is 5.62. The zero-order chi connectivity index (χ0) is 13.2. The molecule has 0 aliphatic carbocycles. The van der Waals surface area contributed by atoms with E-state index in [1.165, 1.54) is 19.1 Å². The van der Waals surface area contributed by atoms with E-state index < -0.39 is 27.7 Å². The summed E-state index contributed by atoms with van der Waals surface area (Å²) < 4.78 is 23.5. The van der Waals surface area contributed by atoms with E-state index in [-0.39, 0.29) is 15.5 Å². The number of sulfone groups is 1. The lowest BCUT2D eigenvalue weighted by Gasteiger charge is -2.08. The van der Waals surface area contributed by atoms with Crippen molar-refractivity contribution in [1.82, 2.24) is 0 Å². The molecule has 0 radical (unpaired) electrons. The Kier molecular flexibility index (Phi) is 4.13. The first kappa shape index (κ1) is 14.0. The number of halogens is 1. The van der Waals surface area contributed by atoms with E-state index in [4.69, 9.17) is 21.8 Å². The predicted octanol–water partition coefficient (Wildman–Crippen LogP) is 1.19. The van der Waals surface area contributed by atoms with Gasteiger partial charge < -0.3 is 10.2 Å². The molecule has 0 bridgehead atoms. The van der Waals surface area contributed by atoms with Crippen LogP contribution in [0.4, 0.5) is 0 Å². The number of carboxylic acid groups (broad SMARTS) is 1. The lowest BCUT2D eigenvalue weighted by atomic mass is 10.2. The second-order valence-corrected chi connectivity index (χ2v) is 6.02. The van der Waals surface area contributed by atoms with Gasteiger partial charge >= 0.3 is 5.97 Å². The summed E-state index contributed by atoms with van der Waals surface area (Å²) in [6, 6.07) is 3.41. The lowest BCUT2D eigenvalue weighted by Crippen LogP contribution is -2.18. The van der Waals surface area contributed by atoms with Gasteiger partial charge in [0.1, 0.15) is 0 Å². The summed E-state index contributed by atoms with van der Waals surface area (Å²) in [7, 11) is -3.70. The highest BCUT2D eigenvalue weighted by Gasteiger charge is 2.20. The third kappa shape index (κ3) is 3.42. The van der Waals surface area contributed by atoms with Gasteiger partial charge in [0.2, 0.25) is 0 Å². The molecule has 0 aromatic heterocycles. The Hall–Kier alpha value is -1.11. The lowest BCUT2D eigenvalue weighted by molar-refractivity contribution is 0.0697. The van der Waals surface area contributed by atoms with E-state index in [1.807, 2.05) is 0 Å². The first-order valence-corrected chi connectivity index (χ1v) is 6.70.